The van der Waals surface area contributed by atoms with Crippen LogP contribution in [-0.2, 0) is 21.7 Å². The molecule has 10 aromatic rings. The molecule has 0 fully saturated rings. The number of phenolic OH excluding ortho intramolecular Hbond substituents is 1. The molecule has 0 saturated heterocycles. The second-order valence-electron chi connectivity index (χ2n) is 23.1. The Morgan fingerprint density at radius 1 is 0.406 bits per heavy atom. The van der Waals surface area contributed by atoms with Gasteiger partial charge in [-0.3, -0.25) is 9.55 Å². The first kappa shape index (κ1) is 45.5. The van der Waals surface area contributed by atoms with Gasteiger partial charge in [0.15, 0.2) is 0 Å². The van der Waals surface area contributed by atoms with Crippen LogP contribution in [0.3, 0.4) is 0 Å². The SMILES string of the molecule is CC(C)(C)c1cc(-n2c(-c3ccccc3O)nc3c(-c4cccc(-c5cc(-c6cc(C(C)(C)C)cc7c8cc(C(C)(C)C)ccc8n(-c8ccccc8)c67)ccn5)c4)cccc32)cc(C(C)(C)C)c1. The Bertz CT molecular complexity index is 3560. The molecular weight excluding hydrogens is 841 g/mol. The maximum absolute atomic E-state index is 11.4. The van der Waals surface area contributed by atoms with Crippen molar-refractivity contribution in [2.75, 3.05) is 0 Å². The van der Waals surface area contributed by atoms with E-state index >= 15 is 0 Å². The molecule has 0 saturated carbocycles. The van der Waals surface area contributed by atoms with E-state index in [9.17, 15) is 5.11 Å². The van der Waals surface area contributed by atoms with E-state index in [0.717, 1.165) is 50.4 Å². The van der Waals surface area contributed by atoms with Crippen molar-refractivity contribution >= 4 is 32.8 Å². The Kier molecular flexibility index (Phi) is 10.9. The molecule has 3 aromatic heterocycles. The molecule has 0 spiro atoms. The van der Waals surface area contributed by atoms with Crippen molar-refractivity contribution in [2.45, 2.75) is 105 Å². The molecule has 0 aliphatic heterocycles. The lowest BCUT2D eigenvalue weighted by atomic mass is 9.80. The van der Waals surface area contributed by atoms with Crippen molar-refractivity contribution in [3.05, 3.63) is 186 Å². The van der Waals surface area contributed by atoms with Gasteiger partial charge in [-0.15, -0.1) is 0 Å². The smallest absolute Gasteiger partial charge is 0.149 e. The molecule has 0 bridgehead atoms. The van der Waals surface area contributed by atoms with Crippen molar-refractivity contribution in [3.63, 3.8) is 0 Å². The fourth-order valence-corrected chi connectivity index (χ4v) is 9.76. The van der Waals surface area contributed by atoms with Gasteiger partial charge in [-0.25, -0.2) is 4.98 Å². The highest BCUT2D eigenvalue weighted by atomic mass is 16.3. The summed E-state index contributed by atoms with van der Waals surface area (Å²) in [6, 6.07) is 56.6. The van der Waals surface area contributed by atoms with Crippen LogP contribution in [0.5, 0.6) is 5.75 Å². The number of hydrogen-bond acceptors (Lipinski definition) is 3. The summed E-state index contributed by atoms with van der Waals surface area (Å²) in [5.41, 5.74) is 18.1. The summed E-state index contributed by atoms with van der Waals surface area (Å²) >= 11 is 0. The van der Waals surface area contributed by atoms with Gasteiger partial charge >= 0.3 is 0 Å². The molecule has 5 heteroatoms. The van der Waals surface area contributed by atoms with Crippen molar-refractivity contribution in [1.82, 2.24) is 19.1 Å². The standard InChI is InChI=1S/C64H64N4O/c1-61(2,3)43-28-29-55-52(37-43)53-39-46(64(10,11)12)38-51(59(53)67(55)47-22-14-13-15-23-47)41-30-31-65-54(33-41)42-21-18-20-40(32-42)49-25-19-26-56-58(49)66-60(50-24-16-17-27-57(50)69)68(56)48-35-44(62(4,5)6)34-45(36-48)63(7,8)9/h13-39,69H,1-12H3. The van der Waals surface area contributed by atoms with Crippen molar-refractivity contribution in [3.8, 4) is 62.0 Å². The Labute approximate surface area is 408 Å². The van der Waals surface area contributed by atoms with Crippen LogP contribution >= 0.6 is 0 Å². The van der Waals surface area contributed by atoms with Gasteiger partial charge in [-0.2, -0.15) is 0 Å². The molecule has 69 heavy (non-hydrogen) atoms. The number of nitrogens with zero attached hydrogens (tertiary/aromatic N) is 4. The van der Waals surface area contributed by atoms with Crippen LogP contribution in [0.1, 0.15) is 105 Å². The van der Waals surface area contributed by atoms with E-state index < -0.39 is 0 Å². The first-order chi connectivity index (χ1) is 32.6. The van der Waals surface area contributed by atoms with E-state index in [0.29, 0.717) is 11.4 Å². The molecule has 3 heterocycles. The summed E-state index contributed by atoms with van der Waals surface area (Å²) < 4.78 is 4.68. The summed E-state index contributed by atoms with van der Waals surface area (Å²) in [5, 5.41) is 13.9. The number of pyridine rings is 1. The maximum atomic E-state index is 11.4. The quantitative estimate of drug-likeness (QED) is 0.181. The molecule has 0 atom stereocenters. The number of hydrogen-bond donors (Lipinski definition) is 1. The lowest BCUT2D eigenvalue weighted by Crippen LogP contribution is -2.17. The number of rotatable bonds is 6. The first-order valence-corrected chi connectivity index (χ1v) is 24.4. The first-order valence-electron chi connectivity index (χ1n) is 24.4. The largest absolute Gasteiger partial charge is 0.507 e. The van der Waals surface area contributed by atoms with Crippen LogP contribution in [0.25, 0.3) is 89.1 Å². The zero-order chi connectivity index (χ0) is 48.8. The van der Waals surface area contributed by atoms with Gasteiger partial charge in [0.2, 0.25) is 0 Å². The monoisotopic (exact) mass is 905 g/mol. The Morgan fingerprint density at radius 2 is 1.00 bits per heavy atom. The average molecular weight is 905 g/mol. The van der Waals surface area contributed by atoms with E-state index in [4.69, 9.17) is 9.97 Å². The number of para-hydroxylation sites is 3. The van der Waals surface area contributed by atoms with Crippen molar-refractivity contribution in [1.29, 1.82) is 0 Å². The molecule has 5 nitrogen and oxygen atoms in total. The third-order valence-corrected chi connectivity index (χ3v) is 13.9. The van der Waals surface area contributed by atoms with Crippen LogP contribution < -0.4 is 0 Å². The summed E-state index contributed by atoms with van der Waals surface area (Å²) in [7, 11) is 0. The van der Waals surface area contributed by atoms with Crippen LogP contribution in [0.2, 0.25) is 0 Å². The third-order valence-electron chi connectivity index (χ3n) is 13.9. The number of imidazole rings is 1. The van der Waals surface area contributed by atoms with Gasteiger partial charge < -0.3 is 9.67 Å². The normalized spacial score (nSPS) is 12.7. The minimum Gasteiger partial charge on any atom is -0.507 e. The maximum Gasteiger partial charge on any atom is 0.149 e. The highest BCUT2D eigenvalue weighted by molar-refractivity contribution is 6.14. The number of phenols is 1. The molecule has 10 rings (SSSR count). The lowest BCUT2D eigenvalue weighted by Gasteiger charge is -2.27. The molecule has 0 aliphatic rings. The highest BCUT2D eigenvalue weighted by Gasteiger charge is 2.27. The third kappa shape index (κ3) is 8.32. The molecule has 0 aliphatic carbocycles. The fourth-order valence-electron chi connectivity index (χ4n) is 9.76. The van der Waals surface area contributed by atoms with E-state index in [1.165, 1.54) is 49.6 Å². The molecule has 346 valence electrons. The van der Waals surface area contributed by atoms with E-state index in [1.54, 1.807) is 6.07 Å². The molecular formula is C64H64N4O. The highest BCUT2D eigenvalue weighted by Crippen LogP contribution is 2.44. The fraction of sp³-hybridized carbons (Fsp3) is 0.250. The number of aromatic hydroxyl groups is 1. The minimum absolute atomic E-state index is 0.00126. The van der Waals surface area contributed by atoms with Crippen molar-refractivity contribution in [2.24, 2.45) is 0 Å². The molecule has 0 radical (unpaired) electrons. The van der Waals surface area contributed by atoms with E-state index in [-0.39, 0.29) is 27.4 Å². The minimum atomic E-state index is -0.0899. The average Bonchev–Trinajstić information content (AvgIpc) is 3.87. The second-order valence-corrected chi connectivity index (χ2v) is 23.1. The van der Waals surface area contributed by atoms with Crippen LogP contribution in [0.4, 0.5) is 0 Å². The molecule has 7 aromatic carbocycles. The molecule has 1 N–H and O–H groups in total. The summed E-state index contributed by atoms with van der Waals surface area (Å²) in [6.45, 7) is 27.4. The predicted octanol–water partition coefficient (Wildman–Crippen LogP) is 17.1. The Hall–Kier alpha value is -7.24. The van der Waals surface area contributed by atoms with Crippen LogP contribution in [0.15, 0.2) is 164 Å². The molecule has 0 unspecified atom stereocenters. The van der Waals surface area contributed by atoms with Gasteiger partial charge in [0, 0.05) is 45.0 Å². The summed E-state index contributed by atoms with van der Waals surface area (Å²) in [4.78, 5) is 10.5. The topological polar surface area (TPSA) is 55.9 Å². The molecule has 0 amide bonds. The predicted molar refractivity (Wildman–Crippen MR) is 291 cm³/mol. The second kappa shape index (κ2) is 16.5. The van der Waals surface area contributed by atoms with Crippen molar-refractivity contribution < 1.29 is 5.11 Å². The number of fused-ring (bicyclic) bond motifs is 4. The Morgan fingerprint density at radius 3 is 1.68 bits per heavy atom. The van der Waals surface area contributed by atoms with E-state index in [1.807, 2.05) is 24.4 Å². The zero-order valence-electron chi connectivity index (χ0n) is 42.3. The van der Waals surface area contributed by atoms with E-state index in [2.05, 4.69) is 226 Å². The summed E-state index contributed by atoms with van der Waals surface area (Å²) in [5.74, 6) is 0.883. The lowest BCUT2D eigenvalue weighted by molar-refractivity contribution is 0.477. The van der Waals surface area contributed by atoms with Gasteiger partial charge in [0.25, 0.3) is 0 Å². The number of aromatic nitrogens is 4. The summed E-state index contributed by atoms with van der Waals surface area (Å²) in [6.07, 6.45) is 1.96. The Balaban J connectivity index is 1.16. The van der Waals surface area contributed by atoms with Gasteiger partial charge in [-0.05, 0) is 140 Å². The van der Waals surface area contributed by atoms with Gasteiger partial charge in [0.1, 0.15) is 11.6 Å². The zero-order valence-corrected chi connectivity index (χ0v) is 42.3. The van der Waals surface area contributed by atoms with Crippen LogP contribution in [-0.4, -0.2) is 24.2 Å². The van der Waals surface area contributed by atoms with Crippen LogP contribution in [0, 0.1) is 0 Å². The van der Waals surface area contributed by atoms with Gasteiger partial charge in [-0.1, -0.05) is 156 Å². The van der Waals surface area contributed by atoms with Gasteiger partial charge in [0.05, 0.1) is 33.3 Å². The number of benzene rings is 7.